The maximum absolute atomic E-state index is 9.43. The van der Waals surface area contributed by atoms with Crippen LogP contribution in [-0.2, 0) is 0 Å². The van der Waals surface area contributed by atoms with Crippen molar-refractivity contribution in [3.8, 4) is 0 Å². The summed E-state index contributed by atoms with van der Waals surface area (Å²) in [5, 5.41) is 13.6. The molecule has 0 aliphatic carbocycles. The summed E-state index contributed by atoms with van der Waals surface area (Å²) in [5.41, 5.74) is 0.884. The summed E-state index contributed by atoms with van der Waals surface area (Å²) in [7, 11) is 0. The average molecular weight is 244 g/mol. The van der Waals surface area contributed by atoms with Crippen molar-refractivity contribution >= 4 is 29.1 Å². The van der Waals surface area contributed by atoms with Crippen LogP contribution in [0.4, 0.5) is 5.69 Å². The molecule has 1 saturated heterocycles. The summed E-state index contributed by atoms with van der Waals surface area (Å²) in [5.74, 6) is 2.08. The molecule has 1 aromatic carbocycles. The second-order valence-electron chi connectivity index (χ2n) is 3.87. The van der Waals surface area contributed by atoms with Crippen molar-refractivity contribution in [2.75, 3.05) is 23.4 Å². The number of rotatable bonds is 3. The lowest BCUT2D eigenvalue weighted by molar-refractivity contribution is 0.226. The van der Waals surface area contributed by atoms with E-state index in [0.717, 1.165) is 28.6 Å². The Morgan fingerprint density at radius 2 is 2.13 bits per heavy atom. The van der Waals surface area contributed by atoms with E-state index in [2.05, 4.69) is 5.32 Å². The Labute approximate surface area is 99.0 Å². The monoisotopic (exact) mass is 243 g/mol. The number of hydrogen-bond donors (Lipinski definition) is 2. The van der Waals surface area contributed by atoms with Gasteiger partial charge in [0.25, 0.3) is 0 Å². The lowest BCUT2D eigenvalue weighted by Crippen LogP contribution is -2.42. The summed E-state index contributed by atoms with van der Waals surface area (Å²) in [4.78, 5) is 0. The van der Waals surface area contributed by atoms with Gasteiger partial charge in [-0.05, 0) is 36.4 Å². The topological polar surface area (TPSA) is 32.3 Å². The second kappa shape index (κ2) is 4.64. The molecule has 1 aliphatic rings. The van der Waals surface area contributed by atoms with Gasteiger partial charge in [-0.15, -0.1) is 0 Å². The van der Waals surface area contributed by atoms with E-state index in [1.54, 1.807) is 0 Å². The van der Waals surface area contributed by atoms with Crippen LogP contribution in [0, 0.1) is 0 Å². The summed E-state index contributed by atoms with van der Waals surface area (Å²) in [6, 6.07) is 7.61. The third kappa shape index (κ3) is 2.60. The first-order valence-electron chi connectivity index (χ1n) is 4.96. The first-order chi connectivity index (χ1) is 7.24. The molecule has 1 atom stereocenters. The highest BCUT2D eigenvalue weighted by atomic mass is 35.5. The molecule has 0 amide bonds. The van der Waals surface area contributed by atoms with Gasteiger partial charge in [-0.3, -0.25) is 0 Å². The number of anilines is 1. The number of aliphatic hydroxyl groups excluding tert-OH is 1. The highest BCUT2D eigenvalue weighted by Crippen LogP contribution is 2.31. The number of nitrogens with one attached hydrogen (secondary N) is 1. The van der Waals surface area contributed by atoms with Gasteiger partial charge in [-0.25, -0.2) is 0 Å². The number of hydrogen-bond acceptors (Lipinski definition) is 3. The highest BCUT2D eigenvalue weighted by molar-refractivity contribution is 7.99. The van der Waals surface area contributed by atoms with Crippen LogP contribution in [-0.4, -0.2) is 28.8 Å². The number of benzene rings is 1. The zero-order valence-electron chi connectivity index (χ0n) is 8.37. The van der Waals surface area contributed by atoms with Crippen LogP contribution >= 0.6 is 23.4 Å². The zero-order valence-corrected chi connectivity index (χ0v) is 9.94. The van der Waals surface area contributed by atoms with Crippen molar-refractivity contribution in [1.29, 1.82) is 0 Å². The van der Waals surface area contributed by atoms with Crippen LogP contribution in [0.5, 0.6) is 0 Å². The Kier molecular flexibility index (Phi) is 3.44. The van der Waals surface area contributed by atoms with E-state index in [-0.39, 0.29) is 12.1 Å². The molecule has 1 aliphatic heterocycles. The van der Waals surface area contributed by atoms with Crippen molar-refractivity contribution in [3.63, 3.8) is 0 Å². The molecule has 1 fully saturated rings. The standard InChI is InChI=1S/C11H14ClNOS/c12-9-1-3-10(4-2-9)13-11(7-14)5-6-15-8-11/h1-4,13-14H,5-8H2. The van der Waals surface area contributed by atoms with E-state index in [4.69, 9.17) is 11.6 Å². The van der Waals surface area contributed by atoms with E-state index in [0.29, 0.717) is 0 Å². The predicted octanol–water partition coefficient (Wildman–Crippen LogP) is 2.62. The zero-order chi connectivity index (χ0) is 10.7. The molecular formula is C11H14ClNOS. The third-order valence-electron chi connectivity index (χ3n) is 2.66. The Balaban J connectivity index is 2.09. The normalized spacial score (nSPS) is 25.5. The summed E-state index contributed by atoms with van der Waals surface area (Å²) in [6.45, 7) is 0.183. The smallest absolute Gasteiger partial charge is 0.0701 e. The van der Waals surface area contributed by atoms with E-state index in [1.807, 2.05) is 36.0 Å². The van der Waals surface area contributed by atoms with Crippen LogP contribution in [0.1, 0.15) is 6.42 Å². The Morgan fingerprint density at radius 3 is 2.67 bits per heavy atom. The van der Waals surface area contributed by atoms with Crippen LogP contribution < -0.4 is 5.32 Å². The van der Waals surface area contributed by atoms with Crippen molar-refractivity contribution in [3.05, 3.63) is 29.3 Å². The lowest BCUT2D eigenvalue weighted by Gasteiger charge is -2.28. The molecule has 15 heavy (non-hydrogen) atoms. The third-order valence-corrected chi connectivity index (χ3v) is 4.16. The molecule has 0 aromatic heterocycles. The van der Waals surface area contributed by atoms with Gasteiger partial charge in [0.2, 0.25) is 0 Å². The minimum Gasteiger partial charge on any atom is -0.394 e. The molecule has 0 saturated carbocycles. The van der Waals surface area contributed by atoms with Gasteiger partial charge in [0.15, 0.2) is 0 Å². The minimum absolute atomic E-state index is 0.140. The Bertz CT molecular complexity index is 322. The molecule has 2 N–H and O–H groups in total. The maximum Gasteiger partial charge on any atom is 0.0701 e. The molecule has 4 heteroatoms. The predicted molar refractivity (Wildman–Crippen MR) is 66.8 cm³/mol. The Hall–Kier alpha value is -0.380. The van der Waals surface area contributed by atoms with Gasteiger partial charge >= 0.3 is 0 Å². The summed E-state index contributed by atoms with van der Waals surface area (Å²) >= 11 is 7.70. The fraction of sp³-hybridized carbons (Fsp3) is 0.455. The molecule has 82 valence electrons. The second-order valence-corrected chi connectivity index (χ2v) is 5.41. The van der Waals surface area contributed by atoms with Crippen molar-refractivity contribution in [1.82, 2.24) is 0 Å². The summed E-state index contributed by atoms with van der Waals surface area (Å²) in [6.07, 6.45) is 1.01. The van der Waals surface area contributed by atoms with Gasteiger partial charge in [0, 0.05) is 16.5 Å². The summed E-state index contributed by atoms with van der Waals surface area (Å²) < 4.78 is 0. The van der Waals surface area contributed by atoms with E-state index in [1.165, 1.54) is 0 Å². The first-order valence-corrected chi connectivity index (χ1v) is 6.50. The van der Waals surface area contributed by atoms with E-state index in [9.17, 15) is 5.11 Å². The highest BCUT2D eigenvalue weighted by Gasteiger charge is 2.33. The van der Waals surface area contributed by atoms with Crippen LogP contribution in [0.15, 0.2) is 24.3 Å². The van der Waals surface area contributed by atoms with E-state index >= 15 is 0 Å². The van der Waals surface area contributed by atoms with Crippen molar-refractivity contribution < 1.29 is 5.11 Å². The molecular weight excluding hydrogens is 230 g/mol. The number of aliphatic hydroxyl groups is 1. The molecule has 2 rings (SSSR count). The molecule has 1 unspecified atom stereocenters. The largest absolute Gasteiger partial charge is 0.394 e. The van der Waals surface area contributed by atoms with Crippen LogP contribution in [0.2, 0.25) is 5.02 Å². The minimum atomic E-state index is -0.140. The molecule has 0 spiro atoms. The van der Waals surface area contributed by atoms with Crippen LogP contribution in [0.3, 0.4) is 0 Å². The van der Waals surface area contributed by atoms with Gasteiger partial charge in [0.05, 0.1) is 12.1 Å². The Morgan fingerprint density at radius 1 is 1.40 bits per heavy atom. The fourth-order valence-electron chi connectivity index (χ4n) is 1.71. The first kappa shape index (κ1) is 11.1. The van der Waals surface area contributed by atoms with Crippen LogP contribution in [0.25, 0.3) is 0 Å². The van der Waals surface area contributed by atoms with Gasteiger partial charge in [-0.1, -0.05) is 11.6 Å². The SMILES string of the molecule is OCC1(Nc2ccc(Cl)cc2)CCSC1. The quantitative estimate of drug-likeness (QED) is 0.856. The molecule has 1 aromatic rings. The fourth-order valence-corrected chi connectivity index (χ4v) is 3.21. The maximum atomic E-state index is 9.43. The van der Waals surface area contributed by atoms with Gasteiger partial charge in [-0.2, -0.15) is 11.8 Å². The van der Waals surface area contributed by atoms with Gasteiger partial charge < -0.3 is 10.4 Å². The number of thioether (sulfide) groups is 1. The average Bonchev–Trinajstić information content (AvgIpc) is 2.71. The molecule has 1 heterocycles. The molecule has 2 nitrogen and oxygen atoms in total. The van der Waals surface area contributed by atoms with Gasteiger partial charge in [0.1, 0.15) is 0 Å². The van der Waals surface area contributed by atoms with E-state index < -0.39 is 0 Å². The lowest BCUT2D eigenvalue weighted by atomic mass is 10.00. The van der Waals surface area contributed by atoms with Crippen molar-refractivity contribution in [2.24, 2.45) is 0 Å². The molecule has 0 bridgehead atoms. The van der Waals surface area contributed by atoms with Crippen molar-refractivity contribution in [2.45, 2.75) is 12.0 Å². The number of halogens is 1. The molecule has 0 radical (unpaired) electrons.